The van der Waals surface area contributed by atoms with Crippen LogP contribution in [0.5, 0.6) is 34.5 Å². The van der Waals surface area contributed by atoms with E-state index < -0.39 is 93.4 Å². The molecule has 15 heterocycles. The van der Waals surface area contributed by atoms with Gasteiger partial charge in [0, 0.05) is 89.7 Å². The van der Waals surface area contributed by atoms with Crippen LogP contribution in [0.4, 0.5) is 0 Å². The maximum absolute atomic E-state index is 14.3. The van der Waals surface area contributed by atoms with Crippen LogP contribution in [-0.4, -0.2) is 194 Å². The number of hydrogen-bond donors (Lipinski definition) is 8. The average Bonchev–Trinajstić information content (AvgIpc) is 1.50. The molecular formula is C87H83Br3N6O19. The molecule has 21 atom stereocenters. The summed E-state index contributed by atoms with van der Waals surface area (Å²) in [7, 11) is 4.39. The molecule has 115 heavy (non-hydrogen) atoms. The van der Waals surface area contributed by atoms with Gasteiger partial charge in [0.15, 0.2) is 33.6 Å². The third-order valence-corrected chi connectivity index (χ3v) is 27.2. The average molecular weight is 1760 g/mol. The van der Waals surface area contributed by atoms with E-state index in [1.165, 1.54) is 64.9 Å². The molecule has 9 saturated heterocycles. The highest BCUT2D eigenvalue weighted by molar-refractivity contribution is 9.11. The molecule has 6 bridgehead atoms. The molecule has 3 aliphatic carbocycles. The first-order chi connectivity index (χ1) is 55.6. The summed E-state index contributed by atoms with van der Waals surface area (Å²) in [6, 6.07) is 50.0. The van der Waals surface area contributed by atoms with Crippen molar-refractivity contribution in [3.63, 3.8) is 0 Å². The second-order valence-electron chi connectivity index (χ2n) is 31.4. The van der Waals surface area contributed by atoms with E-state index in [9.17, 15) is 50.1 Å². The molecule has 8 N–H and O–H groups in total. The number of nitrogens with one attached hydrogen (secondary N) is 1. The molecule has 3 saturated carbocycles. The van der Waals surface area contributed by atoms with Gasteiger partial charge in [0.05, 0.1) is 130 Å². The summed E-state index contributed by atoms with van der Waals surface area (Å²) in [5.41, 5.74) is -6.10. The van der Waals surface area contributed by atoms with E-state index in [2.05, 4.69) is 68.1 Å². The minimum atomic E-state index is -2.12. The number of hydrogen-bond acceptors (Lipinski definition) is 22. The number of piperidine rings is 3. The Morgan fingerprint density at radius 3 is 0.930 bits per heavy atom. The number of pyridine rings is 3. The van der Waals surface area contributed by atoms with Gasteiger partial charge in [-0.1, -0.05) is 175 Å². The summed E-state index contributed by atoms with van der Waals surface area (Å²) in [5, 5.41) is 87.3. The Morgan fingerprint density at radius 1 is 0.409 bits per heavy atom. The number of amides is 2. The molecule has 24 rings (SSSR count). The number of halogens is 3. The molecule has 28 heteroatoms. The first kappa shape index (κ1) is 77.3. The number of carboxylic acids is 1. The summed E-state index contributed by atoms with van der Waals surface area (Å²) in [4.78, 5) is 57.3. The maximum atomic E-state index is 14.3. The van der Waals surface area contributed by atoms with Gasteiger partial charge in [-0.05, 0) is 69.8 Å². The summed E-state index contributed by atoms with van der Waals surface area (Å²) < 4.78 is 56.0. The molecule has 9 aromatic rings. The molecule has 0 radical (unpaired) electrons. The Balaban J connectivity index is 0.000000115. The lowest BCUT2D eigenvalue weighted by molar-refractivity contribution is -0.193. The second-order valence-corrected chi connectivity index (χ2v) is 34.1. The van der Waals surface area contributed by atoms with Crippen molar-refractivity contribution in [2.45, 2.75) is 126 Å². The zero-order chi connectivity index (χ0) is 79.8. The van der Waals surface area contributed by atoms with Gasteiger partial charge < -0.3 is 93.5 Å². The third-order valence-electron chi connectivity index (χ3n) is 25.6. The van der Waals surface area contributed by atoms with E-state index in [-0.39, 0.29) is 64.8 Å². The zero-order valence-electron chi connectivity index (χ0n) is 62.5. The van der Waals surface area contributed by atoms with Crippen LogP contribution in [0.3, 0.4) is 0 Å². The van der Waals surface area contributed by atoms with Gasteiger partial charge in [0.2, 0.25) is 11.8 Å². The van der Waals surface area contributed by atoms with Crippen LogP contribution >= 0.6 is 47.8 Å². The SMILES string of the molecule is C1NCC2CC1O2.COc1cncc2c1[C@]1(O)[C@H](O)[C@H](C(=O)N3CC4CC(C3)O4)[C@@H](c3ccccc3)[C@]1(c1ccc(Br)cc1)O2.COc1cncc2c1[C@]1(O)[C@H](O)[C@H](C(=O)N3CC4CC(C3)O4)[C@@H](c3ccccc3)[C@]1(c1ccc(Br)cc1)O2.COc1cncc2c1[C@]1(O)[C@H](O)[C@H](C(=O)O)[C@@H](c3ccccc3)[C@]1(c1ccc(Br)cc1)O2. The number of methoxy groups -OCH3 is 3. The van der Waals surface area contributed by atoms with Crippen LogP contribution in [0.15, 0.2) is 214 Å². The molecule has 6 aromatic carbocycles. The zero-order valence-corrected chi connectivity index (χ0v) is 67.2. The van der Waals surface area contributed by atoms with Crippen LogP contribution in [0.25, 0.3) is 0 Å². The van der Waals surface area contributed by atoms with E-state index in [0.717, 1.165) is 50.5 Å². The quantitative estimate of drug-likeness (QED) is 0.0565. The Kier molecular flexibility index (Phi) is 19.9. The second kappa shape index (κ2) is 29.6. The summed E-state index contributed by atoms with van der Waals surface area (Å²) in [6.07, 6.45) is 8.56. The number of carboxylic acid groups (broad SMARTS) is 1. The summed E-state index contributed by atoms with van der Waals surface area (Å²) in [6.45, 7) is 4.03. The number of fused-ring (bicyclic) bond motifs is 15. The van der Waals surface area contributed by atoms with Gasteiger partial charge in [-0.15, -0.1) is 0 Å². The molecule has 25 nitrogen and oxygen atoms in total. The standard InChI is InChI=1S/2C29H27BrN2O6.C24H20BrNO6.C5H9NO/c2*1-36-21-12-31-13-22-25(21)28(35)26(33)23(27(34)32-14-19-11-20(15-32)37-19)24(16-5-3-2-4-6-16)29(28,38-22)17-7-9-18(30)10-8-17;1-31-16-11-26-12-17-20(16)23(30)21(27)18(22(28)29)19(13-5-3-2-4-6-13)24(23,32-17)14-7-9-15(25)10-8-14;1-4-2-6-3-5(1)7-4/h2*2-10,12-13,19-20,23-24,26,33,35H,11,14-15H2,1H3;2-12,18-19,21,27,30H,1H3,(H,28,29);4-6H,1-3H2/t2*19?,20?,23-,24-,26-,28+,29+;18-,19-,21-,23+,24+;/m111./s1. The van der Waals surface area contributed by atoms with Crippen molar-refractivity contribution in [3.05, 3.63) is 264 Å². The van der Waals surface area contributed by atoms with Crippen LogP contribution in [0, 0.1) is 17.8 Å². The number of carbonyl (C=O) groups excluding carboxylic acids is 2. The number of aliphatic hydroxyl groups is 6. The van der Waals surface area contributed by atoms with Crippen LogP contribution in [-0.2, 0) is 62.2 Å². The van der Waals surface area contributed by atoms with Gasteiger partial charge in [-0.25, -0.2) is 0 Å². The van der Waals surface area contributed by atoms with Gasteiger partial charge in [0.25, 0.3) is 0 Å². The fourth-order valence-electron chi connectivity index (χ4n) is 20.8. The molecule has 6 unspecified atom stereocenters. The van der Waals surface area contributed by atoms with E-state index in [0.29, 0.717) is 83.3 Å². The Morgan fingerprint density at radius 2 is 0.678 bits per heavy atom. The van der Waals surface area contributed by atoms with Crippen molar-refractivity contribution in [2.75, 3.05) is 60.6 Å². The predicted molar refractivity (Wildman–Crippen MR) is 423 cm³/mol. The van der Waals surface area contributed by atoms with E-state index in [1.807, 2.05) is 115 Å². The minimum absolute atomic E-state index is 0.0117. The smallest absolute Gasteiger partial charge is 0.310 e. The van der Waals surface area contributed by atoms with Crippen LogP contribution < -0.4 is 33.7 Å². The third kappa shape index (κ3) is 11.7. The first-order valence-corrected chi connectivity index (χ1v) is 40.7. The van der Waals surface area contributed by atoms with Crippen LogP contribution in [0.2, 0.25) is 0 Å². The van der Waals surface area contributed by atoms with Gasteiger partial charge in [0.1, 0.15) is 52.8 Å². The molecule has 0 spiro atoms. The normalized spacial score (nSPS) is 34.2. The number of aromatic nitrogens is 3. The molecular weight excluding hydrogens is 1670 g/mol. The van der Waals surface area contributed by atoms with Crippen molar-refractivity contribution in [3.8, 4) is 34.5 Å². The Hall–Kier alpha value is -8.98. The van der Waals surface area contributed by atoms with Gasteiger partial charge >= 0.3 is 5.97 Å². The summed E-state index contributed by atoms with van der Waals surface area (Å²) in [5.74, 6) is -5.73. The highest BCUT2D eigenvalue weighted by Gasteiger charge is 2.82. The van der Waals surface area contributed by atoms with Crippen molar-refractivity contribution >= 4 is 65.6 Å². The Bertz CT molecular complexity index is 4930. The van der Waals surface area contributed by atoms with Crippen molar-refractivity contribution < 1.29 is 92.8 Å². The monoisotopic (exact) mass is 1750 g/mol. The number of aliphatic hydroxyl groups excluding tert-OH is 3. The number of ether oxygens (including phenoxy) is 9. The number of rotatable bonds is 12. The highest BCUT2D eigenvalue weighted by Crippen LogP contribution is 2.73. The lowest BCUT2D eigenvalue weighted by Gasteiger charge is -2.48. The fourth-order valence-corrected chi connectivity index (χ4v) is 21.6. The maximum Gasteiger partial charge on any atom is 0.310 e. The Labute approximate surface area is 686 Å². The number of aliphatic carboxylic acids is 1. The lowest BCUT2D eigenvalue weighted by Crippen LogP contribution is -2.60. The van der Waals surface area contributed by atoms with Crippen molar-refractivity contribution in [2.24, 2.45) is 17.8 Å². The molecule has 15 aliphatic rings. The lowest BCUT2D eigenvalue weighted by atomic mass is 9.70. The van der Waals surface area contributed by atoms with Gasteiger partial charge in [-0.3, -0.25) is 29.3 Å². The number of carbonyl (C=O) groups is 3. The van der Waals surface area contributed by atoms with Gasteiger partial charge in [-0.2, -0.15) is 0 Å². The number of benzene rings is 6. The predicted octanol–water partition coefficient (Wildman–Crippen LogP) is 9.14. The van der Waals surface area contributed by atoms with E-state index in [1.54, 1.807) is 58.3 Å². The van der Waals surface area contributed by atoms with Crippen molar-refractivity contribution in [1.29, 1.82) is 0 Å². The molecule has 2 amide bonds. The van der Waals surface area contributed by atoms with E-state index >= 15 is 0 Å². The fraction of sp³-hybridized carbons (Fsp3) is 0.379. The van der Waals surface area contributed by atoms with E-state index in [4.69, 9.17) is 42.6 Å². The largest absolute Gasteiger partial charge is 0.495 e. The number of morpholine rings is 3. The highest BCUT2D eigenvalue weighted by atomic mass is 79.9. The molecule has 596 valence electrons. The molecule has 12 aliphatic heterocycles. The molecule has 12 fully saturated rings. The molecule has 3 aromatic heterocycles. The van der Waals surface area contributed by atoms with Crippen LogP contribution in [0.1, 0.15) is 87.1 Å². The number of nitrogens with zero attached hydrogens (tertiary/aromatic N) is 5. The first-order valence-electron chi connectivity index (χ1n) is 38.3. The topological polar surface area (TPSA) is 333 Å². The van der Waals surface area contributed by atoms with Crippen molar-refractivity contribution in [1.82, 2.24) is 30.1 Å². The summed E-state index contributed by atoms with van der Waals surface area (Å²) >= 11 is 10.4. The minimum Gasteiger partial charge on any atom is -0.495 e.